The zero-order valence-corrected chi connectivity index (χ0v) is 8.15. The van der Waals surface area contributed by atoms with Crippen LogP contribution in [0.1, 0.15) is 26.3 Å². The van der Waals surface area contributed by atoms with Gasteiger partial charge in [0.25, 0.3) is 5.91 Å². The lowest BCUT2D eigenvalue weighted by atomic mass is 10.0. The summed E-state index contributed by atoms with van der Waals surface area (Å²) in [5, 5.41) is 16.0. The number of carbonyl (C=O) groups excluding carboxylic acids is 1. The van der Waals surface area contributed by atoms with Gasteiger partial charge in [-0.05, 0) is 18.2 Å². The van der Waals surface area contributed by atoms with Crippen molar-refractivity contribution in [2.75, 3.05) is 0 Å². The molecule has 0 aliphatic carbocycles. The predicted molar refractivity (Wildman–Crippen MR) is 56.1 cm³/mol. The second kappa shape index (κ2) is 4.41. The van der Waals surface area contributed by atoms with Crippen LogP contribution in [0, 0.1) is 5.41 Å². The number of hydrazine groups is 1. The van der Waals surface area contributed by atoms with Gasteiger partial charge >= 0.3 is 5.97 Å². The van der Waals surface area contributed by atoms with Gasteiger partial charge in [-0.15, -0.1) is 0 Å². The Balaban J connectivity index is 3.34. The molecular formula is C9H10N4O3. The summed E-state index contributed by atoms with van der Waals surface area (Å²) in [5.74, 6) is 2.70. The molecule has 16 heavy (non-hydrogen) atoms. The Morgan fingerprint density at radius 1 is 1.31 bits per heavy atom. The Hall–Kier alpha value is -2.41. The van der Waals surface area contributed by atoms with Crippen LogP contribution in [0.3, 0.4) is 0 Å². The Kier molecular flexibility index (Phi) is 3.21. The molecule has 0 saturated heterocycles. The average molecular weight is 222 g/mol. The van der Waals surface area contributed by atoms with Gasteiger partial charge in [-0.25, -0.2) is 10.6 Å². The van der Waals surface area contributed by atoms with E-state index in [2.05, 4.69) is 0 Å². The molecule has 0 aromatic heterocycles. The number of benzene rings is 1. The standard InChI is InChI=1S/C9H10N4O3/c10-7(11)6-3-4(8(14)13-12)1-2-5(6)9(15)16/h1-3H,12H2,(H3,10,11)(H,13,14)(H,15,16). The second-order valence-corrected chi connectivity index (χ2v) is 2.95. The van der Waals surface area contributed by atoms with Crippen molar-refractivity contribution in [1.82, 2.24) is 5.43 Å². The van der Waals surface area contributed by atoms with Crippen LogP contribution in [0.15, 0.2) is 18.2 Å². The fourth-order valence-electron chi connectivity index (χ4n) is 1.18. The second-order valence-electron chi connectivity index (χ2n) is 2.95. The highest BCUT2D eigenvalue weighted by molar-refractivity contribution is 6.07. The smallest absolute Gasteiger partial charge is 0.336 e. The summed E-state index contributed by atoms with van der Waals surface area (Å²) in [6.45, 7) is 0. The molecule has 1 aromatic rings. The maximum Gasteiger partial charge on any atom is 0.336 e. The monoisotopic (exact) mass is 222 g/mol. The van der Waals surface area contributed by atoms with Gasteiger partial charge in [0, 0.05) is 11.1 Å². The number of nitrogen functional groups attached to an aromatic ring is 2. The zero-order valence-electron chi connectivity index (χ0n) is 8.15. The number of carboxylic acid groups (broad SMARTS) is 1. The molecule has 0 aliphatic heterocycles. The van der Waals surface area contributed by atoms with E-state index in [4.69, 9.17) is 22.1 Å². The zero-order chi connectivity index (χ0) is 12.3. The fraction of sp³-hybridized carbons (Fsp3) is 0. The first kappa shape index (κ1) is 11.7. The van der Waals surface area contributed by atoms with Gasteiger partial charge in [0.2, 0.25) is 0 Å². The molecule has 0 fully saturated rings. The van der Waals surface area contributed by atoms with Crippen LogP contribution in [0.4, 0.5) is 0 Å². The van der Waals surface area contributed by atoms with Gasteiger partial charge in [0.15, 0.2) is 0 Å². The molecule has 0 atom stereocenters. The number of aromatic carboxylic acids is 1. The number of carboxylic acids is 1. The summed E-state index contributed by atoms with van der Waals surface area (Å²) in [6, 6.07) is 3.69. The van der Waals surface area contributed by atoms with Gasteiger partial charge in [0.1, 0.15) is 5.84 Å². The molecule has 0 radical (unpaired) electrons. The lowest BCUT2D eigenvalue weighted by molar-refractivity contribution is 0.0696. The third-order valence-corrected chi connectivity index (χ3v) is 1.93. The molecular weight excluding hydrogens is 212 g/mol. The summed E-state index contributed by atoms with van der Waals surface area (Å²) in [6.07, 6.45) is 0. The van der Waals surface area contributed by atoms with E-state index in [1.807, 2.05) is 5.43 Å². The highest BCUT2D eigenvalue weighted by atomic mass is 16.4. The first-order valence-electron chi connectivity index (χ1n) is 4.20. The fourth-order valence-corrected chi connectivity index (χ4v) is 1.18. The van der Waals surface area contributed by atoms with E-state index in [0.29, 0.717) is 0 Å². The minimum Gasteiger partial charge on any atom is -0.478 e. The van der Waals surface area contributed by atoms with E-state index >= 15 is 0 Å². The van der Waals surface area contributed by atoms with Crippen molar-refractivity contribution < 1.29 is 14.7 Å². The number of nitrogens with one attached hydrogen (secondary N) is 2. The van der Waals surface area contributed by atoms with Gasteiger partial charge < -0.3 is 10.8 Å². The molecule has 7 nitrogen and oxygen atoms in total. The SMILES string of the molecule is N=C(N)c1cc(C(=O)NN)ccc1C(=O)O. The highest BCUT2D eigenvalue weighted by Crippen LogP contribution is 2.11. The van der Waals surface area contributed by atoms with E-state index in [0.717, 1.165) is 0 Å². The number of hydrogen-bond acceptors (Lipinski definition) is 4. The molecule has 1 amide bonds. The molecule has 0 unspecified atom stereocenters. The van der Waals surface area contributed by atoms with Gasteiger partial charge in [0.05, 0.1) is 5.56 Å². The third-order valence-electron chi connectivity index (χ3n) is 1.93. The van der Waals surface area contributed by atoms with Crippen molar-refractivity contribution in [2.45, 2.75) is 0 Å². The van der Waals surface area contributed by atoms with E-state index in [1.54, 1.807) is 0 Å². The van der Waals surface area contributed by atoms with Crippen LogP contribution in [-0.4, -0.2) is 22.8 Å². The maximum atomic E-state index is 11.2. The third kappa shape index (κ3) is 2.15. The molecule has 84 valence electrons. The van der Waals surface area contributed by atoms with Gasteiger partial charge in [-0.2, -0.15) is 0 Å². The highest BCUT2D eigenvalue weighted by Gasteiger charge is 2.15. The first-order chi connectivity index (χ1) is 7.47. The van der Waals surface area contributed by atoms with Gasteiger partial charge in [-0.3, -0.25) is 15.6 Å². The maximum absolute atomic E-state index is 11.2. The van der Waals surface area contributed by atoms with E-state index in [1.165, 1.54) is 18.2 Å². The molecule has 0 saturated carbocycles. The summed E-state index contributed by atoms with van der Waals surface area (Å²) in [7, 11) is 0. The Morgan fingerprint density at radius 3 is 2.38 bits per heavy atom. The number of nitrogens with two attached hydrogens (primary N) is 2. The van der Waals surface area contributed by atoms with Crippen LogP contribution in [0.2, 0.25) is 0 Å². The summed E-state index contributed by atoms with van der Waals surface area (Å²) in [5.41, 5.74) is 7.10. The normalized spacial score (nSPS) is 9.56. The number of carbonyl (C=O) groups is 2. The van der Waals surface area contributed by atoms with Crippen molar-refractivity contribution in [3.05, 3.63) is 34.9 Å². The van der Waals surface area contributed by atoms with Crippen LogP contribution in [0.25, 0.3) is 0 Å². The number of hydrogen-bond donors (Lipinski definition) is 5. The van der Waals surface area contributed by atoms with Crippen LogP contribution >= 0.6 is 0 Å². The summed E-state index contributed by atoms with van der Waals surface area (Å²) >= 11 is 0. The quantitative estimate of drug-likeness (QED) is 0.151. The Bertz CT molecular complexity index is 470. The predicted octanol–water partition coefficient (Wildman–Crippen LogP) is -0.728. The molecule has 7 N–H and O–H groups in total. The molecule has 0 heterocycles. The largest absolute Gasteiger partial charge is 0.478 e. The molecule has 1 rings (SSSR count). The van der Waals surface area contributed by atoms with Crippen molar-refractivity contribution in [1.29, 1.82) is 5.41 Å². The average Bonchev–Trinajstić information content (AvgIpc) is 2.26. The lowest BCUT2D eigenvalue weighted by Crippen LogP contribution is -2.30. The van der Waals surface area contributed by atoms with E-state index < -0.39 is 17.7 Å². The van der Waals surface area contributed by atoms with Crippen molar-refractivity contribution in [3.8, 4) is 0 Å². The Morgan fingerprint density at radius 2 is 1.94 bits per heavy atom. The van der Waals surface area contributed by atoms with Crippen LogP contribution in [-0.2, 0) is 0 Å². The van der Waals surface area contributed by atoms with Crippen LogP contribution in [0.5, 0.6) is 0 Å². The summed E-state index contributed by atoms with van der Waals surface area (Å²) in [4.78, 5) is 22.0. The molecule has 0 spiro atoms. The van der Waals surface area contributed by atoms with Crippen molar-refractivity contribution in [3.63, 3.8) is 0 Å². The van der Waals surface area contributed by atoms with E-state index in [-0.39, 0.29) is 16.7 Å². The van der Waals surface area contributed by atoms with E-state index in [9.17, 15) is 9.59 Å². The van der Waals surface area contributed by atoms with Crippen molar-refractivity contribution >= 4 is 17.7 Å². The summed E-state index contributed by atoms with van der Waals surface area (Å²) < 4.78 is 0. The minimum absolute atomic E-state index is 0.0198. The van der Waals surface area contributed by atoms with Crippen molar-refractivity contribution in [2.24, 2.45) is 11.6 Å². The molecule has 1 aromatic carbocycles. The Labute approximate surface area is 90.5 Å². The molecule has 0 bridgehead atoms. The first-order valence-corrected chi connectivity index (χ1v) is 4.20. The lowest BCUT2D eigenvalue weighted by Gasteiger charge is -2.06. The topological polar surface area (TPSA) is 142 Å². The number of amides is 1. The van der Waals surface area contributed by atoms with Gasteiger partial charge in [-0.1, -0.05) is 0 Å². The minimum atomic E-state index is -1.22. The molecule has 7 heteroatoms. The number of rotatable bonds is 3. The van der Waals surface area contributed by atoms with Crippen LogP contribution < -0.4 is 17.0 Å². The number of amidine groups is 1. The molecule has 0 aliphatic rings.